The summed E-state index contributed by atoms with van der Waals surface area (Å²) in [5.74, 6) is 0.821. The highest BCUT2D eigenvalue weighted by Gasteiger charge is 2.23. The summed E-state index contributed by atoms with van der Waals surface area (Å²) in [7, 11) is 0. The van der Waals surface area contributed by atoms with E-state index in [2.05, 4.69) is 31.1 Å². The van der Waals surface area contributed by atoms with Gasteiger partial charge in [0.15, 0.2) is 6.39 Å². The average Bonchev–Trinajstić information content (AvgIpc) is 2.62. The van der Waals surface area contributed by atoms with Crippen LogP contribution in [0.2, 0.25) is 0 Å². The molecule has 0 aliphatic rings. The summed E-state index contributed by atoms with van der Waals surface area (Å²) in [4.78, 5) is 3.85. The summed E-state index contributed by atoms with van der Waals surface area (Å²) in [5, 5.41) is 12.4. The zero-order valence-corrected chi connectivity index (χ0v) is 9.66. The van der Waals surface area contributed by atoms with E-state index in [1.807, 2.05) is 0 Å². The van der Waals surface area contributed by atoms with Crippen LogP contribution in [-0.4, -0.2) is 22.7 Å². The van der Waals surface area contributed by atoms with Crippen LogP contribution in [-0.2, 0) is 6.54 Å². The van der Waals surface area contributed by atoms with E-state index >= 15 is 0 Å². The van der Waals surface area contributed by atoms with Crippen molar-refractivity contribution < 1.29 is 9.52 Å². The highest BCUT2D eigenvalue weighted by atomic mass is 16.3. The molecule has 0 aromatic carbocycles. The van der Waals surface area contributed by atoms with Crippen molar-refractivity contribution in [3.63, 3.8) is 0 Å². The van der Waals surface area contributed by atoms with Gasteiger partial charge in [-0.05, 0) is 11.8 Å². The Bertz CT molecular complexity index is 265. The van der Waals surface area contributed by atoms with Gasteiger partial charge in [0.05, 0.1) is 12.7 Å². The smallest absolute Gasteiger partial charge is 0.180 e. The van der Waals surface area contributed by atoms with Gasteiger partial charge in [0.1, 0.15) is 5.76 Å². The zero-order chi connectivity index (χ0) is 11.3. The van der Waals surface area contributed by atoms with Gasteiger partial charge in [-0.2, -0.15) is 0 Å². The van der Waals surface area contributed by atoms with E-state index in [1.54, 1.807) is 6.20 Å². The number of oxazole rings is 1. The van der Waals surface area contributed by atoms with Crippen LogP contribution >= 0.6 is 0 Å². The molecule has 1 aromatic heterocycles. The van der Waals surface area contributed by atoms with Gasteiger partial charge in [-0.15, -0.1) is 0 Å². The standard InChI is InChI=1S/C11H20N2O2/c1-11(2,3)10(4-5-14)13-7-9-6-12-8-15-9/h6,8,10,13-14H,4-5,7H2,1-3H3. The first kappa shape index (κ1) is 12.2. The maximum Gasteiger partial charge on any atom is 0.180 e. The Balaban J connectivity index is 2.45. The first-order valence-corrected chi connectivity index (χ1v) is 5.25. The molecule has 0 radical (unpaired) electrons. The molecule has 0 bridgehead atoms. The molecule has 2 N–H and O–H groups in total. The largest absolute Gasteiger partial charge is 0.447 e. The van der Waals surface area contributed by atoms with Crippen molar-refractivity contribution in [2.45, 2.75) is 39.8 Å². The third-order valence-electron chi connectivity index (χ3n) is 2.47. The van der Waals surface area contributed by atoms with Gasteiger partial charge >= 0.3 is 0 Å². The number of aromatic nitrogens is 1. The van der Waals surface area contributed by atoms with Crippen LogP contribution in [0.25, 0.3) is 0 Å². The number of nitrogens with zero attached hydrogens (tertiary/aromatic N) is 1. The highest BCUT2D eigenvalue weighted by Crippen LogP contribution is 2.21. The van der Waals surface area contributed by atoms with E-state index < -0.39 is 0 Å². The zero-order valence-electron chi connectivity index (χ0n) is 9.66. The predicted octanol–water partition coefficient (Wildman–Crippen LogP) is 1.56. The molecule has 0 saturated heterocycles. The van der Waals surface area contributed by atoms with Gasteiger partial charge in [0, 0.05) is 12.6 Å². The van der Waals surface area contributed by atoms with Crippen molar-refractivity contribution >= 4 is 0 Å². The number of nitrogens with one attached hydrogen (secondary N) is 1. The molecule has 1 heterocycles. The number of hydrogen-bond acceptors (Lipinski definition) is 4. The Kier molecular flexibility index (Phi) is 4.29. The lowest BCUT2D eigenvalue weighted by atomic mass is 9.85. The molecule has 0 aliphatic carbocycles. The number of hydrogen-bond donors (Lipinski definition) is 2. The second-order valence-corrected chi connectivity index (χ2v) is 4.78. The fraction of sp³-hybridized carbons (Fsp3) is 0.727. The Morgan fingerprint density at radius 3 is 2.73 bits per heavy atom. The van der Waals surface area contributed by atoms with Crippen LogP contribution in [0.5, 0.6) is 0 Å². The van der Waals surface area contributed by atoms with Crippen LogP contribution in [0.1, 0.15) is 33.0 Å². The normalized spacial score (nSPS) is 14.1. The predicted molar refractivity (Wildman–Crippen MR) is 58.3 cm³/mol. The molecule has 15 heavy (non-hydrogen) atoms. The van der Waals surface area contributed by atoms with E-state index in [9.17, 15) is 0 Å². The summed E-state index contributed by atoms with van der Waals surface area (Å²) in [6, 6.07) is 0.271. The molecule has 1 aromatic rings. The van der Waals surface area contributed by atoms with Crippen molar-refractivity contribution in [2.24, 2.45) is 5.41 Å². The summed E-state index contributed by atoms with van der Waals surface area (Å²) >= 11 is 0. The first-order chi connectivity index (χ1) is 7.04. The second kappa shape index (κ2) is 5.28. The molecule has 4 heteroatoms. The summed E-state index contributed by atoms with van der Waals surface area (Å²) in [5.41, 5.74) is 0.128. The van der Waals surface area contributed by atoms with Gasteiger partial charge in [-0.25, -0.2) is 4.98 Å². The first-order valence-electron chi connectivity index (χ1n) is 5.25. The van der Waals surface area contributed by atoms with Crippen LogP contribution in [0.4, 0.5) is 0 Å². The van der Waals surface area contributed by atoms with Gasteiger partial charge in [-0.1, -0.05) is 20.8 Å². The SMILES string of the molecule is CC(C)(C)C(CCO)NCc1cnco1. The van der Waals surface area contributed by atoms with Crippen molar-refractivity contribution in [1.82, 2.24) is 10.3 Å². The molecule has 0 aliphatic heterocycles. The number of rotatable bonds is 5. The monoisotopic (exact) mass is 212 g/mol. The molecular formula is C11H20N2O2. The molecule has 4 nitrogen and oxygen atoms in total. The quantitative estimate of drug-likeness (QED) is 0.777. The molecule has 0 saturated carbocycles. The molecule has 0 fully saturated rings. The summed E-state index contributed by atoms with van der Waals surface area (Å²) < 4.78 is 5.14. The van der Waals surface area contributed by atoms with E-state index in [-0.39, 0.29) is 18.1 Å². The third kappa shape index (κ3) is 4.01. The highest BCUT2D eigenvalue weighted by molar-refractivity contribution is 4.90. The van der Waals surface area contributed by atoms with Gasteiger partial charge in [-0.3, -0.25) is 0 Å². The van der Waals surface area contributed by atoms with Gasteiger partial charge in [0.25, 0.3) is 0 Å². The number of aliphatic hydroxyl groups excluding tert-OH is 1. The van der Waals surface area contributed by atoms with Crippen molar-refractivity contribution in [1.29, 1.82) is 0 Å². The lowest BCUT2D eigenvalue weighted by Crippen LogP contribution is -2.40. The Morgan fingerprint density at radius 2 is 2.27 bits per heavy atom. The Hall–Kier alpha value is -0.870. The second-order valence-electron chi connectivity index (χ2n) is 4.78. The van der Waals surface area contributed by atoms with Crippen LogP contribution in [0.15, 0.2) is 17.0 Å². The molecule has 86 valence electrons. The molecule has 0 amide bonds. The summed E-state index contributed by atoms with van der Waals surface area (Å²) in [6.07, 6.45) is 3.87. The summed E-state index contributed by atoms with van der Waals surface area (Å²) in [6.45, 7) is 7.31. The van der Waals surface area contributed by atoms with Crippen molar-refractivity contribution in [2.75, 3.05) is 6.61 Å². The topological polar surface area (TPSA) is 58.3 Å². The molecule has 1 rings (SSSR count). The lowest BCUT2D eigenvalue weighted by Gasteiger charge is -2.31. The maximum absolute atomic E-state index is 8.98. The lowest BCUT2D eigenvalue weighted by molar-refractivity contribution is 0.194. The molecule has 0 spiro atoms. The Labute approximate surface area is 90.7 Å². The fourth-order valence-corrected chi connectivity index (χ4v) is 1.52. The molecular weight excluding hydrogens is 192 g/mol. The number of aliphatic hydroxyl groups is 1. The Morgan fingerprint density at radius 1 is 1.53 bits per heavy atom. The van der Waals surface area contributed by atoms with Crippen molar-refractivity contribution in [3.8, 4) is 0 Å². The molecule has 1 atom stereocenters. The van der Waals surface area contributed by atoms with Gasteiger partial charge < -0.3 is 14.8 Å². The van der Waals surface area contributed by atoms with E-state index in [0.717, 1.165) is 12.2 Å². The minimum Gasteiger partial charge on any atom is -0.447 e. The minimum atomic E-state index is 0.128. The van der Waals surface area contributed by atoms with Gasteiger partial charge in [0.2, 0.25) is 0 Å². The van der Waals surface area contributed by atoms with Crippen molar-refractivity contribution in [3.05, 3.63) is 18.4 Å². The van der Waals surface area contributed by atoms with Crippen LogP contribution in [0, 0.1) is 5.41 Å². The fourth-order valence-electron chi connectivity index (χ4n) is 1.52. The maximum atomic E-state index is 8.98. The average molecular weight is 212 g/mol. The minimum absolute atomic E-state index is 0.128. The van der Waals surface area contributed by atoms with E-state index in [4.69, 9.17) is 9.52 Å². The van der Waals surface area contributed by atoms with E-state index in [0.29, 0.717) is 6.54 Å². The van der Waals surface area contributed by atoms with Crippen LogP contribution < -0.4 is 5.32 Å². The van der Waals surface area contributed by atoms with Crippen LogP contribution in [0.3, 0.4) is 0 Å². The van der Waals surface area contributed by atoms with E-state index in [1.165, 1.54) is 6.39 Å². The molecule has 1 unspecified atom stereocenters. The third-order valence-corrected chi connectivity index (χ3v) is 2.47.